The van der Waals surface area contributed by atoms with Crippen LogP contribution < -0.4 is 0 Å². The molecule has 176 valence electrons. The van der Waals surface area contributed by atoms with E-state index in [1.165, 1.54) is 6.92 Å². The Balaban J connectivity index is 1.66. The van der Waals surface area contributed by atoms with Crippen LogP contribution in [0.15, 0.2) is 70.6 Å². The Morgan fingerprint density at radius 1 is 0.879 bits per heavy atom. The summed E-state index contributed by atoms with van der Waals surface area (Å²) in [5.74, 6) is -1.15. The second kappa shape index (κ2) is 9.14. The quantitative estimate of drug-likeness (QED) is 0.436. The third-order valence-corrected chi connectivity index (χ3v) is 6.40. The molecule has 0 bridgehead atoms. The fourth-order valence-corrected chi connectivity index (χ4v) is 4.25. The summed E-state index contributed by atoms with van der Waals surface area (Å²) in [6, 6.07) is 17.6. The number of halogens is 3. The molecule has 2 aliphatic heterocycles. The molecule has 2 aromatic carbocycles. The standard InChI is InChI=1S/C22H21F3N2O5S/c1-14(32-33(28,29)22(23,24)25)19(20-26-17(12-30-20)15-8-4-2-5-9-15)21-27-18(13-31-21)16-10-6-3-7-11-16/h2-11,14,17-19H,12-13H2,1H3/t14?,17-,18-/m1/s1. The Morgan fingerprint density at radius 2 is 1.30 bits per heavy atom. The monoisotopic (exact) mass is 482 g/mol. The first-order valence-electron chi connectivity index (χ1n) is 10.2. The molecule has 0 saturated carbocycles. The highest BCUT2D eigenvalue weighted by atomic mass is 32.2. The van der Waals surface area contributed by atoms with Crippen molar-refractivity contribution in [1.29, 1.82) is 0 Å². The lowest BCUT2D eigenvalue weighted by Crippen LogP contribution is -2.39. The number of alkyl halides is 3. The van der Waals surface area contributed by atoms with Gasteiger partial charge in [0.1, 0.15) is 31.2 Å². The van der Waals surface area contributed by atoms with Crippen molar-refractivity contribution in [2.75, 3.05) is 13.2 Å². The normalized spacial score (nSPS) is 21.8. The Labute approximate surface area is 189 Å². The number of hydrogen-bond donors (Lipinski definition) is 0. The van der Waals surface area contributed by atoms with Crippen molar-refractivity contribution < 1.29 is 35.2 Å². The maximum atomic E-state index is 12.9. The van der Waals surface area contributed by atoms with Crippen LogP contribution in [0.1, 0.15) is 30.1 Å². The largest absolute Gasteiger partial charge is 0.523 e. The van der Waals surface area contributed by atoms with Crippen molar-refractivity contribution in [2.24, 2.45) is 15.9 Å². The average Bonchev–Trinajstić information content (AvgIpc) is 3.45. The zero-order chi connectivity index (χ0) is 23.6. The molecule has 0 radical (unpaired) electrons. The molecule has 7 nitrogen and oxygen atoms in total. The Bertz CT molecular complexity index is 1070. The van der Waals surface area contributed by atoms with Crippen LogP contribution in [0.5, 0.6) is 0 Å². The number of nitrogens with zero attached hydrogens (tertiary/aromatic N) is 2. The van der Waals surface area contributed by atoms with Crippen molar-refractivity contribution >= 4 is 21.9 Å². The lowest BCUT2D eigenvalue weighted by molar-refractivity contribution is -0.0574. The van der Waals surface area contributed by atoms with E-state index in [-0.39, 0.29) is 25.0 Å². The number of benzene rings is 2. The molecule has 2 heterocycles. The van der Waals surface area contributed by atoms with Gasteiger partial charge in [-0.1, -0.05) is 60.7 Å². The second-order valence-electron chi connectivity index (χ2n) is 7.59. The van der Waals surface area contributed by atoms with Crippen molar-refractivity contribution in [2.45, 2.75) is 30.6 Å². The van der Waals surface area contributed by atoms with Gasteiger partial charge in [-0.2, -0.15) is 21.6 Å². The minimum atomic E-state index is -5.85. The molecule has 2 aliphatic rings. The molecule has 4 rings (SSSR count). The van der Waals surface area contributed by atoms with Gasteiger partial charge < -0.3 is 9.47 Å². The molecule has 0 saturated heterocycles. The van der Waals surface area contributed by atoms with E-state index in [0.29, 0.717) is 0 Å². The smallest absolute Gasteiger partial charge is 0.478 e. The molecule has 2 aromatic rings. The number of ether oxygens (including phenoxy) is 2. The van der Waals surface area contributed by atoms with E-state index < -0.39 is 39.7 Å². The molecule has 0 N–H and O–H groups in total. The Kier molecular flexibility index (Phi) is 6.44. The van der Waals surface area contributed by atoms with Gasteiger partial charge in [-0.3, -0.25) is 4.18 Å². The zero-order valence-electron chi connectivity index (χ0n) is 17.5. The highest BCUT2D eigenvalue weighted by Crippen LogP contribution is 2.34. The van der Waals surface area contributed by atoms with E-state index in [1.807, 2.05) is 60.7 Å². The van der Waals surface area contributed by atoms with Crippen molar-refractivity contribution in [3.63, 3.8) is 0 Å². The van der Waals surface area contributed by atoms with Crippen LogP contribution >= 0.6 is 0 Å². The van der Waals surface area contributed by atoms with E-state index in [0.717, 1.165) is 11.1 Å². The van der Waals surface area contributed by atoms with E-state index in [9.17, 15) is 21.6 Å². The summed E-state index contributed by atoms with van der Waals surface area (Å²) in [7, 11) is -5.85. The van der Waals surface area contributed by atoms with Gasteiger partial charge in [0.2, 0.25) is 0 Å². The topological polar surface area (TPSA) is 86.6 Å². The van der Waals surface area contributed by atoms with Crippen molar-refractivity contribution in [3.05, 3.63) is 71.8 Å². The predicted molar refractivity (Wildman–Crippen MR) is 114 cm³/mol. The van der Waals surface area contributed by atoms with Crippen LogP contribution in [0.2, 0.25) is 0 Å². The maximum absolute atomic E-state index is 12.9. The van der Waals surface area contributed by atoms with Gasteiger partial charge >= 0.3 is 15.6 Å². The van der Waals surface area contributed by atoms with E-state index in [4.69, 9.17) is 9.47 Å². The van der Waals surface area contributed by atoms with Gasteiger partial charge in [0.05, 0.1) is 6.10 Å². The molecule has 0 spiro atoms. The molecule has 3 atom stereocenters. The van der Waals surface area contributed by atoms with Crippen LogP contribution in [-0.4, -0.2) is 45.0 Å². The summed E-state index contributed by atoms with van der Waals surface area (Å²) in [5, 5.41) is 0. The van der Waals surface area contributed by atoms with E-state index in [1.54, 1.807) is 0 Å². The second-order valence-corrected chi connectivity index (χ2v) is 9.15. The fraction of sp³-hybridized carbons (Fsp3) is 0.364. The number of aliphatic imine (C=N–C) groups is 2. The lowest BCUT2D eigenvalue weighted by atomic mass is 10.0. The van der Waals surface area contributed by atoms with Gasteiger partial charge in [-0.05, 0) is 18.1 Å². The van der Waals surface area contributed by atoms with Crippen LogP contribution in [0.3, 0.4) is 0 Å². The highest BCUT2D eigenvalue weighted by Gasteiger charge is 2.50. The first-order chi connectivity index (χ1) is 15.7. The lowest BCUT2D eigenvalue weighted by Gasteiger charge is -2.23. The molecular formula is C22H21F3N2O5S. The van der Waals surface area contributed by atoms with Gasteiger partial charge in [0, 0.05) is 0 Å². The highest BCUT2D eigenvalue weighted by molar-refractivity contribution is 7.87. The minimum absolute atomic E-state index is 0.0150. The third-order valence-electron chi connectivity index (χ3n) is 5.28. The minimum Gasteiger partial charge on any atom is -0.478 e. The SMILES string of the molecule is CC(OS(=O)(=O)C(F)(F)F)C(C1=N[C@@H](c2ccccc2)CO1)C1=N[C@@H](c2ccccc2)CO1. The van der Waals surface area contributed by atoms with Gasteiger partial charge in [0.25, 0.3) is 0 Å². The first-order valence-corrected chi connectivity index (χ1v) is 11.6. The van der Waals surface area contributed by atoms with Crippen LogP contribution in [0.25, 0.3) is 0 Å². The third kappa shape index (κ3) is 5.03. The molecule has 1 unspecified atom stereocenters. The first kappa shape index (κ1) is 23.2. The molecule has 33 heavy (non-hydrogen) atoms. The summed E-state index contributed by atoms with van der Waals surface area (Å²) < 4.78 is 78.0. The van der Waals surface area contributed by atoms with Gasteiger partial charge in [-0.15, -0.1) is 0 Å². The molecule has 0 amide bonds. The number of rotatable bonds is 7. The number of hydrogen-bond acceptors (Lipinski definition) is 7. The molecule has 0 aromatic heterocycles. The Morgan fingerprint density at radius 3 is 1.70 bits per heavy atom. The fourth-order valence-electron chi connectivity index (χ4n) is 3.63. The van der Waals surface area contributed by atoms with Crippen molar-refractivity contribution in [3.8, 4) is 0 Å². The molecular weight excluding hydrogens is 461 g/mol. The van der Waals surface area contributed by atoms with Gasteiger partial charge in [0.15, 0.2) is 11.8 Å². The van der Waals surface area contributed by atoms with Crippen LogP contribution in [0.4, 0.5) is 13.2 Å². The van der Waals surface area contributed by atoms with Gasteiger partial charge in [-0.25, -0.2) is 9.98 Å². The van der Waals surface area contributed by atoms with E-state index >= 15 is 0 Å². The summed E-state index contributed by atoms with van der Waals surface area (Å²) >= 11 is 0. The summed E-state index contributed by atoms with van der Waals surface area (Å²) in [4.78, 5) is 8.98. The summed E-state index contributed by atoms with van der Waals surface area (Å²) in [6.07, 6.45) is -1.53. The van der Waals surface area contributed by atoms with Crippen LogP contribution in [0, 0.1) is 5.92 Å². The molecule has 11 heteroatoms. The summed E-state index contributed by atoms with van der Waals surface area (Å²) in [5.41, 5.74) is -3.87. The van der Waals surface area contributed by atoms with E-state index in [2.05, 4.69) is 14.2 Å². The maximum Gasteiger partial charge on any atom is 0.523 e. The zero-order valence-corrected chi connectivity index (χ0v) is 18.3. The van der Waals surface area contributed by atoms with Crippen LogP contribution in [-0.2, 0) is 23.8 Å². The Hall–Kier alpha value is -2.92. The summed E-state index contributed by atoms with van der Waals surface area (Å²) in [6.45, 7) is 1.48. The average molecular weight is 482 g/mol. The molecule has 0 aliphatic carbocycles. The predicted octanol–water partition coefficient (Wildman–Crippen LogP) is 4.20. The van der Waals surface area contributed by atoms with Crippen molar-refractivity contribution in [1.82, 2.24) is 0 Å². The molecule has 0 fully saturated rings.